The first-order valence-electron chi connectivity index (χ1n) is 6.17. The maximum absolute atomic E-state index is 11.8. The number of rotatable bonds is 3. The van der Waals surface area contributed by atoms with E-state index in [4.69, 9.17) is 14.2 Å². The van der Waals surface area contributed by atoms with E-state index in [9.17, 15) is 14.4 Å². The van der Waals surface area contributed by atoms with E-state index < -0.39 is 30.6 Å². The van der Waals surface area contributed by atoms with Crippen molar-refractivity contribution in [3.63, 3.8) is 0 Å². The van der Waals surface area contributed by atoms with Gasteiger partial charge in [0.25, 0.3) is 5.91 Å². The molecule has 0 spiro atoms. The Hall–Kier alpha value is -2.77. The molecule has 1 aliphatic heterocycles. The second kappa shape index (κ2) is 6.60. The van der Waals surface area contributed by atoms with Crippen molar-refractivity contribution < 1.29 is 28.6 Å². The summed E-state index contributed by atoms with van der Waals surface area (Å²) < 4.78 is 15.5. The van der Waals surface area contributed by atoms with Crippen LogP contribution >= 0.6 is 0 Å². The second-order valence-electron chi connectivity index (χ2n) is 4.10. The molecule has 2 rings (SSSR count). The van der Waals surface area contributed by atoms with Crippen LogP contribution in [0.2, 0.25) is 0 Å². The normalized spacial score (nSPS) is 15.8. The third-order valence-electron chi connectivity index (χ3n) is 2.60. The van der Waals surface area contributed by atoms with Crippen LogP contribution in [0.15, 0.2) is 24.3 Å². The van der Waals surface area contributed by atoms with Gasteiger partial charge in [-0.2, -0.15) is 0 Å². The van der Waals surface area contributed by atoms with E-state index in [0.717, 1.165) is 0 Å². The molecule has 2 N–H and O–H groups in total. The molecule has 21 heavy (non-hydrogen) atoms. The van der Waals surface area contributed by atoms with E-state index in [-0.39, 0.29) is 6.61 Å². The molecule has 0 bridgehead atoms. The molecule has 1 aromatic rings. The van der Waals surface area contributed by atoms with Crippen LogP contribution in [-0.2, 0) is 14.3 Å². The minimum absolute atomic E-state index is 0.00703. The van der Waals surface area contributed by atoms with Crippen molar-refractivity contribution in [1.29, 1.82) is 0 Å². The predicted molar refractivity (Wildman–Crippen MR) is 69.9 cm³/mol. The number of carbonyl (C=O) groups is 3. The summed E-state index contributed by atoms with van der Waals surface area (Å²) in [6.45, 7) is -0.583. The van der Waals surface area contributed by atoms with E-state index in [2.05, 4.69) is 5.32 Å². The molecule has 8 nitrogen and oxygen atoms in total. The van der Waals surface area contributed by atoms with Crippen LogP contribution in [0.4, 0.5) is 4.79 Å². The number of fused-ring (bicyclic) bond motifs is 1. The zero-order valence-electron chi connectivity index (χ0n) is 11.3. The van der Waals surface area contributed by atoms with Crippen molar-refractivity contribution >= 4 is 17.9 Å². The van der Waals surface area contributed by atoms with Gasteiger partial charge in [0.2, 0.25) is 6.10 Å². The number of nitrogens with one attached hydrogen (secondary N) is 2. The number of para-hydroxylation sites is 2. The first kappa shape index (κ1) is 14.6. The zero-order valence-corrected chi connectivity index (χ0v) is 11.3. The van der Waals surface area contributed by atoms with Gasteiger partial charge in [-0.15, -0.1) is 0 Å². The Labute approximate surface area is 120 Å². The predicted octanol–water partition coefficient (Wildman–Crippen LogP) is -0.175. The smallest absolute Gasteiger partial charge is 0.351 e. The molecule has 1 atom stereocenters. The number of imide groups is 1. The quantitative estimate of drug-likeness (QED) is 0.750. The molecule has 1 aliphatic rings. The van der Waals surface area contributed by atoms with Crippen molar-refractivity contribution in [3.8, 4) is 11.5 Å². The molecular weight excluding hydrogens is 280 g/mol. The van der Waals surface area contributed by atoms with Crippen molar-refractivity contribution in [2.75, 3.05) is 20.3 Å². The van der Waals surface area contributed by atoms with E-state index >= 15 is 0 Å². The molecule has 112 valence electrons. The standard InChI is InChI=1S/C13H14N2O6/c1-14-13(18)15-11(16)7-20-12(17)10-6-19-8-4-2-3-5-9(8)21-10/h2-5,10H,6-7H2,1H3,(H2,14,15,16,18)/t10-/m1/s1. The Morgan fingerprint density at radius 1 is 1.29 bits per heavy atom. The molecule has 0 aliphatic carbocycles. The van der Waals surface area contributed by atoms with E-state index in [1.54, 1.807) is 24.3 Å². The fourth-order valence-corrected chi connectivity index (χ4v) is 1.59. The van der Waals surface area contributed by atoms with Gasteiger partial charge in [0.15, 0.2) is 18.1 Å². The largest absolute Gasteiger partial charge is 0.485 e. The molecular formula is C13H14N2O6. The first-order valence-corrected chi connectivity index (χ1v) is 6.17. The maximum Gasteiger partial charge on any atom is 0.351 e. The third-order valence-corrected chi connectivity index (χ3v) is 2.60. The van der Waals surface area contributed by atoms with Crippen LogP contribution in [0.1, 0.15) is 0 Å². The fraction of sp³-hybridized carbons (Fsp3) is 0.308. The lowest BCUT2D eigenvalue weighted by Crippen LogP contribution is -2.42. The van der Waals surface area contributed by atoms with E-state index in [1.165, 1.54) is 7.05 Å². The summed E-state index contributed by atoms with van der Waals surface area (Å²) in [6.07, 6.45) is -0.951. The molecule has 1 aromatic carbocycles. The average Bonchev–Trinajstić information content (AvgIpc) is 2.51. The molecule has 0 unspecified atom stereocenters. The molecule has 1 heterocycles. The highest BCUT2D eigenvalue weighted by atomic mass is 16.6. The summed E-state index contributed by atoms with van der Waals surface area (Å²) in [5, 5.41) is 4.17. The number of esters is 1. The number of carbonyl (C=O) groups excluding carboxylic acids is 3. The van der Waals surface area contributed by atoms with Gasteiger partial charge >= 0.3 is 12.0 Å². The van der Waals surface area contributed by atoms with Gasteiger partial charge in [-0.3, -0.25) is 10.1 Å². The van der Waals surface area contributed by atoms with Crippen molar-refractivity contribution in [2.45, 2.75) is 6.10 Å². The second-order valence-corrected chi connectivity index (χ2v) is 4.10. The fourth-order valence-electron chi connectivity index (χ4n) is 1.59. The number of ether oxygens (including phenoxy) is 3. The lowest BCUT2D eigenvalue weighted by atomic mass is 10.2. The number of hydrogen-bond donors (Lipinski definition) is 2. The highest BCUT2D eigenvalue weighted by Gasteiger charge is 2.29. The lowest BCUT2D eigenvalue weighted by molar-refractivity contribution is -0.157. The molecule has 0 aromatic heterocycles. The minimum atomic E-state index is -0.951. The van der Waals surface area contributed by atoms with Gasteiger partial charge in [0.05, 0.1) is 0 Å². The van der Waals surface area contributed by atoms with Crippen LogP contribution in [0, 0.1) is 0 Å². The lowest BCUT2D eigenvalue weighted by Gasteiger charge is -2.24. The molecule has 0 fully saturated rings. The van der Waals surface area contributed by atoms with Gasteiger partial charge < -0.3 is 19.5 Å². The summed E-state index contributed by atoms with van der Waals surface area (Å²) >= 11 is 0. The topological polar surface area (TPSA) is 103 Å². The van der Waals surface area contributed by atoms with Crippen molar-refractivity contribution in [1.82, 2.24) is 10.6 Å². The van der Waals surface area contributed by atoms with E-state index in [0.29, 0.717) is 11.5 Å². The molecule has 0 saturated carbocycles. The maximum atomic E-state index is 11.8. The number of benzene rings is 1. The van der Waals surface area contributed by atoms with Crippen LogP contribution in [0.3, 0.4) is 0 Å². The Bertz CT molecular complexity index is 559. The van der Waals surface area contributed by atoms with Crippen LogP contribution < -0.4 is 20.1 Å². The summed E-state index contributed by atoms with van der Waals surface area (Å²) in [7, 11) is 1.36. The average molecular weight is 294 g/mol. The highest BCUT2D eigenvalue weighted by Crippen LogP contribution is 2.30. The summed E-state index contributed by atoms with van der Waals surface area (Å²) in [4.78, 5) is 33.9. The number of amides is 3. The zero-order chi connectivity index (χ0) is 15.2. The molecule has 0 saturated heterocycles. The van der Waals surface area contributed by atoms with Crippen LogP contribution in [0.5, 0.6) is 11.5 Å². The molecule has 8 heteroatoms. The number of urea groups is 1. The SMILES string of the molecule is CNC(=O)NC(=O)COC(=O)[C@H]1COc2ccccc2O1. The Morgan fingerprint density at radius 3 is 2.71 bits per heavy atom. The monoisotopic (exact) mass is 294 g/mol. The van der Waals surface area contributed by atoms with E-state index in [1.807, 2.05) is 5.32 Å². The van der Waals surface area contributed by atoms with Gasteiger partial charge in [-0.1, -0.05) is 12.1 Å². The first-order chi connectivity index (χ1) is 10.1. The van der Waals surface area contributed by atoms with Crippen molar-refractivity contribution in [3.05, 3.63) is 24.3 Å². The minimum Gasteiger partial charge on any atom is -0.485 e. The van der Waals surface area contributed by atoms with Gasteiger partial charge in [0.1, 0.15) is 6.61 Å². The van der Waals surface area contributed by atoms with Crippen LogP contribution in [-0.4, -0.2) is 44.3 Å². The van der Waals surface area contributed by atoms with Gasteiger partial charge in [-0.25, -0.2) is 9.59 Å². The Kier molecular flexibility index (Phi) is 4.60. The Morgan fingerprint density at radius 2 is 2.00 bits per heavy atom. The Balaban J connectivity index is 1.82. The summed E-state index contributed by atoms with van der Waals surface area (Å²) in [6, 6.07) is 6.22. The number of hydrogen-bond acceptors (Lipinski definition) is 6. The van der Waals surface area contributed by atoms with Gasteiger partial charge in [0, 0.05) is 7.05 Å². The van der Waals surface area contributed by atoms with Gasteiger partial charge in [-0.05, 0) is 12.1 Å². The summed E-state index contributed by atoms with van der Waals surface area (Å²) in [5.74, 6) is -0.504. The molecule has 3 amide bonds. The third kappa shape index (κ3) is 3.85. The highest BCUT2D eigenvalue weighted by molar-refractivity contribution is 5.95. The summed E-state index contributed by atoms with van der Waals surface area (Å²) in [5.41, 5.74) is 0. The molecule has 0 radical (unpaired) electrons. The van der Waals surface area contributed by atoms with Crippen LogP contribution in [0.25, 0.3) is 0 Å². The van der Waals surface area contributed by atoms with Crippen molar-refractivity contribution in [2.24, 2.45) is 0 Å².